The fourth-order valence-electron chi connectivity index (χ4n) is 1.77. The van der Waals surface area contributed by atoms with Gasteiger partial charge in [0.05, 0.1) is 35.1 Å². The second-order valence-electron chi connectivity index (χ2n) is 4.01. The Bertz CT molecular complexity index is 542. The molecule has 1 unspecified atom stereocenters. The van der Waals surface area contributed by atoms with E-state index < -0.39 is 0 Å². The lowest BCUT2D eigenvalue weighted by Crippen LogP contribution is -2.06. The number of benzene rings is 1. The molecule has 0 bridgehead atoms. The average molecular weight is 283 g/mol. The maximum Gasteiger partial charge on any atom is 0.121 e. The Morgan fingerprint density at radius 2 is 2.22 bits per heavy atom. The van der Waals surface area contributed by atoms with Crippen molar-refractivity contribution < 1.29 is 4.74 Å². The molecule has 0 aliphatic heterocycles. The van der Waals surface area contributed by atoms with Gasteiger partial charge in [-0.05, 0) is 26.0 Å². The molecule has 0 saturated carbocycles. The van der Waals surface area contributed by atoms with Crippen LogP contribution in [-0.4, -0.2) is 12.1 Å². The zero-order valence-corrected chi connectivity index (χ0v) is 12.1. The van der Waals surface area contributed by atoms with E-state index in [1.165, 1.54) is 4.88 Å². The van der Waals surface area contributed by atoms with Crippen LogP contribution in [0.2, 0.25) is 5.02 Å². The van der Waals surface area contributed by atoms with Crippen LogP contribution in [0.25, 0.3) is 0 Å². The van der Waals surface area contributed by atoms with Crippen molar-refractivity contribution in [2.45, 2.75) is 19.9 Å². The first kappa shape index (κ1) is 13.2. The van der Waals surface area contributed by atoms with Crippen molar-refractivity contribution in [1.29, 1.82) is 0 Å². The molecular weight excluding hydrogens is 268 g/mol. The Kier molecular flexibility index (Phi) is 4.09. The molecule has 18 heavy (non-hydrogen) atoms. The number of hydrogen-bond donors (Lipinski definition) is 1. The van der Waals surface area contributed by atoms with Crippen LogP contribution in [0.15, 0.2) is 23.7 Å². The monoisotopic (exact) mass is 282 g/mol. The first-order chi connectivity index (χ1) is 8.61. The van der Waals surface area contributed by atoms with Crippen molar-refractivity contribution in [1.82, 2.24) is 4.98 Å². The highest BCUT2D eigenvalue weighted by Gasteiger charge is 2.12. The van der Waals surface area contributed by atoms with E-state index in [0.717, 1.165) is 17.1 Å². The highest BCUT2D eigenvalue weighted by atomic mass is 35.5. The topological polar surface area (TPSA) is 34.1 Å². The molecule has 3 nitrogen and oxygen atoms in total. The molecule has 0 spiro atoms. The second kappa shape index (κ2) is 5.59. The molecule has 0 aliphatic rings. The van der Waals surface area contributed by atoms with E-state index in [-0.39, 0.29) is 6.04 Å². The Hall–Kier alpha value is -1.26. The minimum atomic E-state index is 0.169. The molecule has 96 valence electrons. The molecule has 1 heterocycles. The number of thiazole rings is 1. The van der Waals surface area contributed by atoms with Crippen molar-refractivity contribution >= 4 is 28.6 Å². The predicted octanol–water partition coefficient (Wildman–Crippen LogP) is 4.29. The van der Waals surface area contributed by atoms with Gasteiger partial charge >= 0.3 is 0 Å². The molecule has 0 saturated heterocycles. The van der Waals surface area contributed by atoms with Crippen molar-refractivity contribution in [3.8, 4) is 5.75 Å². The number of ether oxygens (including phenoxy) is 1. The lowest BCUT2D eigenvalue weighted by Gasteiger charge is -2.16. The number of anilines is 1. The van der Waals surface area contributed by atoms with E-state index >= 15 is 0 Å². The Balaban J connectivity index is 2.21. The van der Waals surface area contributed by atoms with Crippen molar-refractivity contribution in [2.75, 3.05) is 12.4 Å². The lowest BCUT2D eigenvalue weighted by atomic mass is 10.2. The number of aromatic nitrogens is 1. The SMILES string of the molecule is COc1ccc(Cl)c(NC(C)c2scnc2C)c1. The van der Waals surface area contributed by atoms with E-state index in [1.54, 1.807) is 18.4 Å². The molecule has 1 aromatic carbocycles. The predicted molar refractivity (Wildman–Crippen MR) is 76.9 cm³/mol. The fourth-order valence-corrected chi connectivity index (χ4v) is 2.75. The van der Waals surface area contributed by atoms with Gasteiger partial charge in [0.2, 0.25) is 0 Å². The quantitative estimate of drug-likeness (QED) is 0.908. The highest BCUT2D eigenvalue weighted by molar-refractivity contribution is 7.09. The Morgan fingerprint density at radius 1 is 1.44 bits per heavy atom. The molecule has 0 aliphatic carbocycles. The van der Waals surface area contributed by atoms with Crippen LogP contribution in [0.5, 0.6) is 5.75 Å². The number of methoxy groups -OCH3 is 1. The van der Waals surface area contributed by atoms with Crippen molar-refractivity contribution in [2.24, 2.45) is 0 Å². The third-order valence-electron chi connectivity index (χ3n) is 2.72. The van der Waals surface area contributed by atoms with Gasteiger partial charge in [0, 0.05) is 10.9 Å². The summed E-state index contributed by atoms with van der Waals surface area (Å²) >= 11 is 7.81. The summed E-state index contributed by atoms with van der Waals surface area (Å²) in [6.45, 7) is 4.10. The smallest absolute Gasteiger partial charge is 0.121 e. The molecule has 0 amide bonds. The number of aryl methyl sites for hydroxylation is 1. The molecule has 0 radical (unpaired) electrons. The maximum absolute atomic E-state index is 6.17. The summed E-state index contributed by atoms with van der Waals surface area (Å²) in [7, 11) is 1.64. The first-order valence-corrected chi connectivity index (χ1v) is 6.87. The first-order valence-electron chi connectivity index (χ1n) is 5.62. The molecular formula is C13H15ClN2OS. The van der Waals surface area contributed by atoms with Crippen LogP contribution in [0.4, 0.5) is 5.69 Å². The zero-order valence-electron chi connectivity index (χ0n) is 10.5. The van der Waals surface area contributed by atoms with Crippen LogP contribution in [-0.2, 0) is 0 Å². The minimum absolute atomic E-state index is 0.169. The van der Waals surface area contributed by atoms with Gasteiger partial charge in [0.25, 0.3) is 0 Å². The number of nitrogens with zero attached hydrogens (tertiary/aromatic N) is 1. The summed E-state index contributed by atoms with van der Waals surface area (Å²) in [5.41, 5.74) is 3.78. The Labute approximate surface area is 116 Å². The van der Waals surface area contributed by atoms with E-state index in [0.29, 0.717) is 5.02 Å². The van der Waals surface area contributed by atoms with E-state index in [2.05, 4.69) is 17.2 Å². The molecule has 5 heteroatoms. The third kappa shape index (κ3) is 2.76. The van der Waals surface area contributed by atoms with Crippen molar-refractivity contribution in [3.05, 3.63) is 39.3 Å². The summed E-state index contributed by atoms with van der Waals surface area (Å²) in [5, 5.41) is 4.07. The maximum atomic E-state index is 6.17. The minimum Gasteiger partial charge on any atom is -0.497 e. The van der Waals surface area contributed by atoms with Crippen LogP contribution < -0.4 is 10.1 Å². The molecule has 0 fully saturated rings. The largest absolute Gasteiger partial charge is 0.497 e. The van der Waals surface area contributed by atoms with E-state index in [1.807, 2.05) is 30.6 Å². The van der Waals surface area contributed by atoms with Crippen LogP contribution in [0.3, 0.4) is 0 Å². The number of rotatable bonds is 4. The number of nitrogens with one attached hydrogen (secondary N) is 1. The standard InChI is InChI=1S/C13H15ClN2OS/c1-8-13(18-7-15-8)9(2)16-12-6-10(17-3)4-5-11(12)14/h4-7,9,16H,1-3H3. The lowest BCUT2D eigenvalue weighted by molar-refractivity contribution is 0.415. The van der Waals surface area contributed by atoms with Gasteiger partial charge in [0.1, 0.15) is 5.75 Å². The second-order valence-corrected chi connectivity index (χ2v) is 5.31. The van der Waals surface area contributed by atoms with Gasteiger partial charge in [-0.15, -0.1) is 11.3 Å². The normalized spacial score (nSPS) is 12.2. The van der Waals surface area contributed by atoms with Gasteiger partial charge < -0.3 is 10.1 Å². The average Bonchev–Trinajstić information content (AvgIpc) is 2.78. The van der Waals surface area contributed by atoms with E-state index in [9.17, 15) is 0 Å². The number of hydrogen-bond acceptors (Lipinski definition) is 4. The van der Waals surface area contributed by atoms with Gasteiger partial charge in [-0.1, -0.05) is 11.6 Å². The van der Waals surface area contributed by atoms with Gasteiger partial charge in [-0.3, -0.25) is 0 Å². The number of halogens is 1. The molecule has 1 atom stereocenters. The van der Waals surface area contributed by atoms with Crippen LogP contribution >= 0.6 is 22.9 Å². The fraction of sp³-hybridized carbons (Fsp3) is 0.308. The molecule has 2 aromatic rings. The zero-order chi connectivity index (χ0) is 13.1. The summed E-state index contributed by atoms with van der Waals surface area (Å²) < 4.78 is 5.20. The van der Waals surface area contributed by atoms with Crippen LogP contribution in [0.1, 0.15) is 23.5 Å². The summed E-state index contributed by atoms with van der Waals surface area (Å²) in [4.78, 5) is 5.47. The summed E-state index contributed by atoms with van der Waals surface area (Å²) in [6, 6.07) is 5.74. The van der Waals surface area contributed by atoms with Gasteiger partial charge in [-0.25, -0.2) is 4.98 Å². The summed E-state index contributed by atoms with van der Waals surface area (Å²) in [5.74, 6) is 0.787. The Morgan fingerprint density at radius 3 is 2.83 bits per heavy atom. The van der Waals surface area contributed by atoms with Gasteiger partial charge in [-0.2, -0.15) is 0 Å². The van der Waals surface area contributed by atoms with Gasteiger partial charge in [0.15, 0.2) is 0 Å². The molecule has 1 N–H and O–H groups in total. The summed E-state index contributed by atoms with van der Waals surface area (Å²) in [6.07, 6.45) is 0. The molecule has 2 rings (SSSR count). The molecule has 1 aromatic heterocycles. The van der Waals surface area contributed by atoms with Crippen molar-refractivity contribution in [3.63, 3.8) is 0 Å². The van der Waals surface area contributed by atoms with E-state index in [4.69, 9.17) is 16.3 Å². The highest BCUT2D eigenvalue weighted by Crippen LogP contribution is 2.31. The van der Waals surface area contributed by atoms with Crippen LogP contribution in [0, 0.1) is 6.92 Å². The third-order valence-corrected chi connectivity index (χ3v) is 4.16.